The van der Waals surface area contributed by atoms with E-state index < -0.39 is 11.5 Å². The molecule has 0 saturated carbocycles. The van der Waals surface area contributed by atoms with Crippen LogP contribution in [0.1, 0.15) is 24.3 Å². The molecule has 0 aliphatic heterocycles. The number of carboxylic acids is 1. The summed E-state index contributed by atoms with van der Waals surface area (Å²) >= 11 is 0. The van der Waals surface area contributed by atoms with Gasteiger partial charge in [0.2, 0.25) is 5.91 Å². The van der Waals surface area contributed by atoms with Crippen molar-refractivity contribution in [2.75, 3.05) is 0 Å². The lowest BCUT2D eigenvalue weighted by molar-refractivity contribution is -0.122. The lowest BCUT2D eigenvalue weighted by atomic mass is 10.1. The number of amides is 1. The van der Waals surface area contributed by atoms with Gasteiger partial charge in [-0.3, -0.25) is 4.79 Å². The summed E-state index contributed by atoms with van der Waals surface area (Å²) in [5.74, 6) is 0.850. The van der Waals surface area contributed by atoms with Crippen molar-refractivity contribution < 1.29 is 14.7 Å². The second-order valence-electron chi connectivity index (χ2n) is 3.92. The molecule has 0 aromatic carbocycles. The summed E-state index contributed by atoms with van der Waals surface area (Å²) in [6.45, 7) is 3.22. The molecule has 1 aromatic rings. The molecule has 1 rings (SSSR count). The van der Waals surface area contributed by atoms with Crippen LogP contribution in [0.5, 0.6) is 0 Å². The summed E-state index contributed by atoms with van der Waals surface area (Å²) in [5.41, 5.74) is -0.971. The van der Waals surface area contributed by atoms with Crippen LogP contribution in [-0.2, 0) is 11.3 Å². The molecule has 0 atom stereocenters. The van der Waals surface area contributed by atoms with Crippen molar-refractivity contribution in [2.45, 2.75) is 25.9 Å². The molecule has 0 fully saturated rings. The van der Waals surface area contributed by atoms with Crippen molar-refractivity contribution >= 4 is 11.9 Å². The van der Waals surface area contributed by atoms with Crippen LogP contribution in [0.2, 0.25) is 0 Å². The lowest BCUT2D eigenvalue weighted by Crippen LogP contribution is -2.43. The number of aromatic nitrogens is 3. The minimum absolute atomic E-state index is 0.134. The van der Waals surface area contributed by atoms with E-state index in [0.717, 1.165) is 4.68 Å². The van der Waals surface area contributed by atoms with E-state index in [2.05, 4.69) is 21.5 Å². The van der Waals surface area contributed by atoms with Crippen LogP contribution in [0.4, 0.5) is 0 Å². The highest BCUT2D eigenvalue weighted by Gasteiger charge is 2.18. The smallest absolute Gasteiger partial charge is 0.358 e. The Hall–Kier alpha value is -2.36. The standard InChI is InChI=1S/C10H12N4O3/c1-4-10(2,3)11-8(15)6-14-5-7(9(16)17)12-13-14/h1,5H,6H2,2-3H3,(H,11,15)(H,16,17). The van der Waals surface area contributed by atoms with Crippen LogP contribution in [-0.4, -0.2) is 37.5 Å². The number of hydrogen-bond acceptors (Lipinski definition) is 4. The van der Waals surface area contributed by atoms with Crippen LogP contribution < -0.4 is 5.32 Å². The van der Waals surface area contributed by atoms with Gasteiger partial charge in [0.25, 0.3) is 0 Å². The molecule has 0 aliphatic rings. The van der Waals surface area contributed by atoms with Crippen LogP contribution in [0, 0.1) is 12.3 Å². The van der Waals surface area contributed by atoms with Gasteiger partial charge in [-0.2, -0.15) is 0 Å². The molecule has 1 heterocycles. The lowest BCUT2D eigenvalue weighted by Gasteiger charge is -2.19. The summed E-state index contributed by atoms with van der Waals surface area (Å²) in [7, 11) is 0. The Morgan fingerprint density at radius 2 is 2.29 bits per heavy atom. The van der Waals surface area contributed by atoms with E-state index in [4.69, 9.17) is 11.5 Å². The van der Waals surface area contributed by atoms with Gasteiger partial charge in [-0.25, -0.2) is 9.48 Å². The molecule has 0 saturated heterocycles. The van der Waals surface area contributed by atoms with E-state index in [9.17, 15) is 9.59 Å². The Labute approximate surface area is 97.8 Å². The summed E-state index contributed by atoms with van der Waals surface area (Å²) in [5, 5.41) is 18.1. The van der Waals surface area contributed by atoms with Gasteiger partial charge < -0.3 is 10.4 Å². The third-order valence-corrected chi connectivity index (χ3v) is 1.88. The summed E-state index contributed by atoms with van der Waals surface area (Å²) < 4.78 is 1.13. The van der Waals surface area contributed by atoms with Gasteiger partial charge in [-0.05, 0) is 13.8 Å². The molecule has 0 aliphatic carbocycles. The Kier molecular flexibility index (Phi) is 3.48. The highest BCUT2D eigenvalue weighted by atomic mass is 16.4. The van der Waals surface area contributed by atoms with E-state index >= 15 is 0 Å². The van der Waals surface area contributed by atoms with Crippen molar-refractivity contribution in [3.63, 3.8) is 0 Å². The number of rotatable bonds is 4. The van der Waals surface area contributed by atoms with Gasteiger partial charge in [-0.1, -0.05) is 11.1 Å². The van der Waals surface area contributed by atoms with Crippen LogP contribution >= 0.6 is 0 Å². The average Bonchev–Trinajstić information content (AvgIpc) is 2.65. The first kappa shape index (κ1) is 12.7. The zero-order chi connectivity index (χ0) is 13.1. The van der Waals surface area contributed by atoms with Gasteiger partial charge in [0.05, 0.1) is 11.7 Å². The van der Waals surface area contributed by atoms with Crippen LogP contribution in [0.15, 0.2) is 6.20 Å². The number of carboxylic acid groups (broad SMARTS) is 1. The normalized spacial score (nSPS) is 10.6. The number of carbonyl (C=O) groups is 2. The maximum Gasteiger partial charge on any atom is 0.358 e. The molecule has 17 heavy (non-hydrogen) atoms. The topological polar surface area (TPSA) is 97.1 Å². The molecule has 1 aromatic heterocycles. The molecule has 2 N–H and O–H groups in total. The summed E-state index contributed by atoms with van der Waals surface area (Å²) in [6, 6.07) is 0. The Bertz CT molecular complexity index is 484. The van der Waals surface area contributed by atoms with Gasteiger partial charge >= 0.3 is 5.97 Å². The molecule has 1 amide bonds. The summed E-state index contributed by atoms with van der Waals surface area (Å²) in [6.07, 6.45) is 6.39. The predicted octanol–water partition coefficient (Wildman–Crippen LogP) is -0.496. The van der Waals surface area contributed by atoms with Crippen molar-refractivity contribution in [1.82, 2.24) is 20.3 Å². The van der Waals surface area contributed by atoms with Gasteiger partial charge in [0.1, 0.15) is 6.54 Å². The molecular weight excluding hydrogens is 224 g/mol. The Balaban J connectivity index is 2.63. The van der Waals surface area contributed by atoms with E-state index in [-0.39, 0.29) is 18.1 Å². The highest BCUT2D eigenvalue weighted by Crippen LogP contribution is 1.99. The maximum atomic E-state index is 11.5. The van der Waals surface area contributed by atoms with Gasteiger partial charge in [0, 0.05) is 0 Å². The van der Waals surface area contributed by atoms with Gasteiger partial charge in [0.15, 0.2) is 5.69 Å². The molecule has 90 valence electrons. The minimum atomic E-state index is -1.19. The number of hydrogen-bond donors (Lipinski definition) is 2. The first-order valence-electron chi connectivity index (χ1n) is 4.76. The third-order valence-electron chi connectivity index (χ3n) is 1.88. The zero-order valence-electron chi connectivity index (χ0n) is 9.47. The van der Waals surface area contributed by atoms with Gasteiger partial charge in [-0.15, -0.1) is 11.5 Å². The second kappa shape index (κ2) is 4.65. The predicted molar refractivity (Wildman–Crippen MR) is 58.0 cm³/mol. The highest BCUT2D eigenvalue weighted by molar-refractivity contribution is 5.84. The van der Waals surface area contributed by atoms with Crippen LogP contribution in [0.25, 0.3) is 0 Å². The SMILES string of the molecule is C#CC(C)(C)NC(=O)Cn1cc(C(=O)O)nn1. The van der Waals surface area contributed by atoms with E-state index in [0.29, 0.717) is 0 Å². The van der Waals surface area contributed by atoms with E-state index in [1.807, 2.05) is 0 Å². The fraction of sp³-hybridized carbons (Fsp3) is 0.400. The van der Waals surface area contributed by atoms with Crippen molar-refractivity contribution in [1.29, 1.82) is 0 Å². The molecule has 7 nitrogen and oxygen atoms in total. The molecule has 0 unspecified atom stereocenters. The molecular formula is C10H12N4O3. The zero-order valence-corrected chi connectivity index (χ0v) is 9.47. The van der Waals surface area contributed by atoms with Crippen molar-refractivity contribution in [3.8, 4) is 12.3 Å². The third kappa shape index (κ3) is 3.61. The monoisotopic (exact) mass is 236 g/mol. The fourth-order valence-corrected chi connectivity index (χ4v) is 1.04. The number of nitrogens with one attached hydrogen (secondary N) is 1. The first-order chi connectivity index (χ1) is 7.84. The van der Waals surface area contributed by atoms with Crippen molar-refractivity contribution in [3.05, 3.63) is 11.9 Å². The average molecular weight is 236 g/mol. The molecule has 0 bridgehead atoms. The molecule has 0 radical (unpaired) electrons. The largest absolute Gasteiger partial charge is 0.476 e. The Morgan fingerprint density at radius 1 is 1.65 bits per heavy atom. The van der Waals surface area contributed by atoms with Crippen molar-refractivity contribution in [2.24, 2.45) is 0 Å². The van der Waals surface area contributed by atoms with E-state index in [1.54, 1.807) is 13.8 Å². The number of aromatic carboxylic acids is 1. The Morgan fingerprint density at radius 3 is 2.76 bits per heavy atom. The molecule has 7 heteroatoms. The van der Waals surface area contributed by atoms with Crippen LogP contribution in [0.3, 0.4) is 0 Å². The quantitative estimate of drug-likeness (QED) is 0.687. The number of nitrogens with zero attached hydrogens (tertiary/aromatic N) is 3. The van der Waals surface area contributed by atoms with E-state index in [1.165, 1.54) is 6.20 Å². The molecule has 0 spiro atoms. The number of carbonyl (C=O) groups excluding carboxylic acids is 1. The summed E-state index contributed by atoms with van der Waals surface area (Å²) in [4.78, 5) is 22.1. The number of terminal acetylenes is 1. The minimum Gasteiger partial charge on any atom is -0.476 e. The fourth-order valence-electron chi connectivity index (χ4n) is 1.04. The second-order valence-corrected chi connectivity index (χ2v) is 3.92. The first-order valence-corrected chi connectivity index (χ1v) is 4.76. The maximum absolute atomic E-state index is 11.5.